The summed E-state index contributed by atoms with van der Waals surface area (Å²) < 4.78 is 0. The summed E-state index contributed by atoms with van der Waals surface area (Å²) in [5, 5.41) is 0. The normalized spacial score (nSPS) is 39.6. The molecule has 0 aliphatic heterocycles. The van der Waals surface area contributed by atoms with Crippen molar-refractivity contribution < 1.29 is 4.79 Å². The molecular weight excluding hydrogens is 184 g/mol. The van der Waals surface area contributed by atoms with Gasteiger partial charge in [-0.05, 0) is 23.8 Å². The van der Waals surface area contributed by atoms with Crippen molar-refractivity contribution in [2.24, 2.45) is 17.8 Å². The summed E-state index contributed by atoms with van der Waals surface area (Å²) in [4.78, 5) is 12.2. The maximum Gasteiger partial charge on any atom is 0.167 e. The molecule has 0 amide bonds. The molecule has 74 valence electrons. The van der Waals surface area contributed by atoms with Crippen LogP contribution in [0.15, 0.2) is 36.4 Å². The van der Waals surface area contributed by atoms with Crippen molar-refractivity contribution in [3.8, 4) is 0 Å². The van der Waals surface area contributed by atoms with Crippen LogP contribution in [0.25, 0.3) is 0 Å². The Kier molecular flexibility index (Phi) is 1.26. The van der Waals surface area contributed by atoms with E-state index in [0.29, 0.717) is 23.5 Å². The van der Waals surface area contributed by atoms with Crippen LogP contribution in [-0.2, 0) is 0 Å². The molecule has 0 aromatic heterocycles. The third-order valence-electron chi connectivity index (χ3n) is 4.35. The third kappa shape index (κ3) is 0.785. The van der Waals surface area contributed by atoms with Gasteiger partial charge in [-0.1, -0.05) is 36.4 Å². The highest BCUT2D eigenvalue weighted by Gasteiger charge is 2.53. The number of carbonyl (C=O) groups excluding carboxylic acids is 1. The number of ketones is 1. The van der Waals surface area contributed by atoms with Gasteiger partial charge in [0.1, 0.15) is 0 Å². The number of fused-ring (bicyclic) bond motifs is 7. The summed E-state index contributed by atoms with van der Waals surface area (Å²) in [6.07, 6.45) is 5.78. The van der Waals surface area contributed by atoms with Gasteiger partial charge in [0.05, 0.1) is 0 Å². The van der Waals surface area contributed by atoms with Gasteiger partial charge in [0.25, 0.3) is 0 Å². The molecule has 1 aromatic rings. The molecular formula is C14H12O. The minimum atomic E-state index is 0.275. The molecule has 0 saturated heterocycles. The van der Waals surface area contributed by atoms with Gasteiger partial charge in [0.2, 0.25) is 0 Å². The van der Waals surface area contributed by atoms with Crippen LogP contribution >= 0.6 is 0 Å². The highest BCUT2D eigenvalue weighted by Crippen LogP contribution is 2.58. The van der Waals surface area contributed by atoms with Crippen molar-refractivity contribution in [2.75, 3.05) is 0 Å². The Morgan fingerprint density at radius 3 is 2.60 bits per heavy atom. The lowest BCUT2D eigenvalue weighted by Crippen LogP contribution is -2.18. The van der Waals surface area contributed by atoms with Crippen LogP contribution in [0.5, 0.6) is 0 Å². The topological polar surface area (TPSA) is 17.1 Å². The van der Waals surface area contributed by atoms with Crippen LogP contribution in [0.4, 0.5) is 0 Å². The molecule has 4 atom stereocenters. The van der Waals surface area contributed by atoms with Gasteiger partial charge in [-0.25, -0.2) is 0 Å². The molecule has 1 heteroatoms. The summed E-state index contributed by atoms with van der Waals surface area (Å²) in [5.41, 5.74) is 2.30. The van der Waals surface area contributed by atoms with E-state index in [1.807, 2.05) is 12.1 Å². The molecule has 0 unspecified atom stereocenters. The summed E-state index contributed by atoms with van der Waals surface area (Å²) in [7, 11) is 0. The Hall–Kier alpha value is -1.37. The molecule has 2 bridgehead atoms. The number of benzene rings is 1. The van der Waals surface area contributed by atoms with E-state index in [1.165, 1.54) is 12.0 Å². The van der Waals surface area contributed by atoms with E-state index in [2.05, 4.69) is 24.3 Å². The monoisotopic (exact) mass is 196 g/mol. The molecule has 3 aliphatic rings. The number of rotatable bonds is 0. The van der Waals surface area contributed by atoms with E-state index in [1.54, 1.807) is 0 Å². The fourth-order valence-corrected chi connectivity index (χ4v) is 3.80. The van der Waals surface area contributed by atoms with Crippen LogP contribution in [0.1, 0.15) is 28.3 Å². The lowest BCUT2D eigenvalue weighted by atomic mass is 9.83. The van der Waals surface area contributed by atoms with Crippen molar-refractivity contribution in [3.63, 3.8) is 0 Å². The SMILES string of the molecule is O=C1c2ccccc2[C@H]2[C@@H]1[C@H]1C=C[C@@H]2C1. The van der Waals surface area contributed by atoms with Gasteiger partial charge >= 0.3 is 0 Å². The molecule has 4 rings (SSSR count). The molecule has 0 spiro atoms. The first-order chi connectivity index (χ1) is 7.36. The Balaban J connectivity index is 1.96. The zero-order valence-corrected chi connectivity index (χ0v) is 8.39. The number of hydrogen-bond donors (Lipinski definition) is 0. The number of carbonyl (C=O) groups is 1. The molecule has 1 nitrogen and oxygen atoms in total. The average Bonchev–Trinajstić information content (AvgIpc) is 2.92. The zero-order chi connectivity index (χ0) is 9.99. The van der Waals surface area contributed by atoms with E-state index in [-0.39, 0.29) is 5.92 Å². The maximum absolute atomic E-state index is 12.2. The van der Waals surface area contributed by atoms with Gasteiger partial charge in [0.15, 0.2) is 5.78 Å². The van der Waals surface area contributed by atoms with Gasteiger partial charge < -0.3 is 0 Å². The van der Waals surface area contributed by atoms with Gasteiger partial charge in [-0.3, -0.25) is 4.79 Å². The predicted molar refractivity (Wildman–Crippen MR) is 57.7 cm³/mol. The molecule has 1 saturated carbocycles. The summed E-state index contributed by atoms with van der Waals surface area (Å²) in [6, 6.07) is 8.18. The van der Waals surface area contributed by atoms with Crippen LogP contribution in [0.3, 0.4) is 0 Å². The standard InChI is InChI=1S/C14H12O/c15-14-11-4-2-1-3-10(11)12-8-5-6-9(7-8)13(12)14/h1-6,8-9,12-13H,7H2/t8-,9+,12+,13+/m1/s1. The second kappa shape index (κ2) is 2.41. The molecule has 0 N–H and O–H groups in total. The second-order valence-corrected chi connectivity index (χ2v) is 4.95. The van der Waals surface area contributed by atoms with Crippen LogP contribution < -0.4 is 0 Å². The second-order valence-electron chi connectivity index (χ2n) is 4.95. The van der Waals surface area contributed by atoms with E-state index in [4.69, 9.17) is 0 Å². The number of hydrogen-bond acceptors (Lipinski definition) is 1. The smallest absolute Gasteiger partial charge is 0.167 e. The van der Waals surface area contributed by atoms with E-state index < -0.39 is 0 Å². The van der Waals surface area contributed by atoms with Gasteiger partial charge in [-0.15, -0.1) is 0 Å². The first-order valence-electron chi connectivity index (χ1n) is 5.68. The first kappa shape index (κ1) is 7.86. The minimum absolute atomic E-state index is 0.275. The number of Topliss-reactive ketones (excluding diaryl/α,β-unsaturated/α-hetero) is 1. The third-order valence-corrected chi connectivity index (χ3v) is 4.35. The molecule has 0 heterocycles. The Morgan fingerprint density at radius 2 is 1.73 bits per heavy atom. The number of allylic oxidation sites excluding steroid dienone is 2. The van der Waals surface area contributed by atoms with E-state index in [0.717, 1.165) is 5.56 Å². The summed E-state index contributed by atoms with van der Waals surface area (Å²) in [6.45, 7) is 0. The van der Waals surface area contributed by atoms with Gasteiger partial charge in [0, 0.05) is 17.4 Å². The van der Waals surface area contributed by atoms with E-state index in [9.17, 15) is 4.79 Å². The summed E-state index contributed by atoms with van der Waals surface area (Å²) >= 11 is 0. The van der Waals surface area contributed by atoms with Crippen molar-refractivity contribution >= 4 is 5.78 Å². The summed E-state index contributed by atoms with van der Waals surface area (Å²) in [5.74, 6) is 2.33. The Labute approximate surface area is 88.8 Å². The van der Waals surface area contributed by atoms with Crippen LogP contribution in [0, 0.1) is 17.8 Å². The fourth-order valence-electron chi connectivity index (χ4n) is 3.80. The molecule has 15 heavy (non-hydrogen) atoms. The van der Waals surface area contributed by atoms with Crippen LogP contribution in [-0.4, -0.2) is 5.78 Å². The first-order valence-corrected chi connectivity index (χ1v) is 5.68. The minimum Gasteiger partial charge on any atom is -0.294 e. The van der Waals surface area contributed by atoms with Crippen molar-refractivity contribution in [1.29, 1.82) is 0 Å². The van der Waals surface area contributed by atoms with Crippen molar-refractivity contribution in [1.82, 2.24) is 0 Å². The fraction of sp³-hybridized carbons (Fsp3) is 0.357. The predicted octanol–water partition coefficient (Wildman–Crippen LogP) is 2.79. The quantitative estimate of drug-likeness (QED) is 0.583. The Bertz CT molecular complexity index is 486. The molecule has 1 fully saturated rings. The van der Waals surface area contributed by atoms with Crippen LogP contribution in [0.2, 0.25) is 0 Å². The lowest BCUT2D eigenvalue weighted by molar-refractivity contribution is 0.0911. The highest BCUT2D eigenvalue weighted by atomic mass is 16.1. The largest absolute Gasteiger partial charge is 0.294 e. The highest BCUT2D eigenvalue weighted by molar-refractivity contribution is 6.04. The van der Waals surface area contributed by atoms with Gasteiger partial charge in [-0.2, -0.15) is 0 Å². The van der Waals surface area contributed by atoms with Crippen molar-refractivity contribution in [2.45, 2.75) is 12.3 Å². The molecule has 3 aliphatic carbocycles. The molecule has 0 radical (unpaired) electrons. The Morgan fingerprint density at radius 1 is 1.00 bits per heavy atom. The average molecular weight is 196 g/mol. The zero-order valence-electron chi connectivity index (χ0n) is 8.39. The maximum atomic E-state index is 12.2. The molecule has 1 aromatic carbocycles. The van der Waals surface area contributed by atoms with E-state index >= 15 is 0 Å². The van der Waals surface area contributed by atoms with Crippen molar-refractivity contribution in [3.05, 3.63) is 47.5 Å². The lowest BCUT2D eigenvalue weighted by Gasteiger charge is -2.19.